The third-order valence-electron chi connectivity index (χ3n) is 4.58. The molecule has 3 rings (SSSR count). The van der Waals surface area contributed by atoms with Gasteiger partial charge in [0, 0.05) is 5.69 Å². The number of aryl methyl sites for hydroxylation is 1. The van der Waals surface area contributed by atoms with E-state index in [0.717, 1.165) is 5.56 Å². The molecule has 0 aliphatic heterocycles. The van der Waals surface area contributed by atoms with Crippen molar-refractivity contribution < 1.29 is 27.2 Å². The number of carbonyl (C=O) groups is 1. The van der Waals surface area contributed by atoms with Crippen molar-refractivity contribution in [1.29, 1.82) is 5.26 Å². The number of phenolic OH excluding ortho intramolecular Hbond substituents is 1. The highest BCUT2D eigenvalue weighted by Crippen LogP contribution is 2.32. The Morgan fingerprint density at radius 3 is 2.35 bits per heavy atom. The lowest BCUT2D eigenvalue weighted by atomic mass is 10.1. The van der Waals surface area contributed by atoms with Crippen LogP contribution >= 0.6 is 0 Å². The lowest BCUT2D eigenvalue weighted by Crippen LogP contribution is -2.13. The molecule has 2 N–H and O–H groups in total. The second-order valence-electron chi connectivity index (χ2n) is 7.16. The summed E-state index contributed by atoms with van der Waals surface area (Å²) in [7, 11) is -4.09. The summed E-state index contributed by atoms with van der Waals surface area (Å²) in [4.78, 5) is 12.5. The van der Waals surface area contributed by atoms with Gasteiger partial charge < -0.3 is 19.3 Å². The van der Waals surface area contributed by atoms with E-state index >= 15 is 0 Å². The Morgan fingerprint density at radius 2 is 1.74 bits per heavy atom. The van der Waals surface area contributed by atoms with Gasteiger partial charge in [0.1, 0.15) is 22.3 Å². The Labute approximate surface area is 197 Å². The van der Waals surface area contributed by atoms with Crippen LogP contribution in [0.5, 0.6) is 17.2 Å². The smallest absolute Gasteiger partial charge is 0.339 e. The summed E-state index contributed by atoms with van der Waals surface area (Å²) in [6.45, 7) is 3.81. The van der Waals surface area contributed by atoms with Crippen molar-refractivity contribution in [2.45, 2.75) is 18.7 Å². The Kier molecular flexibility index (Phi) is 7.56. The van der Waals surface area contributed by atoms with Crippen molar-refractivity contribution in [1.82, 2.24) is 0 Å². The van der Waals surface area contributed by atoms with Crippen molar-refractivity contribution in [2.24, 2.45) is 0 Å². The monoisotopic (exact) mass is 478 g/mol. The second kappa shape index (κ2) is 10.6. The summed E-state index contributed by atoms with van der Waals surface area (Å²) in [5.74, 6) is -0.479. The van der Waals surface area contributed by atoms with Crippen LogP contribution in [0.25, 0.3) is 6.08 Å². The van der Waals surface area contributed by atoms with Crippen molar-refractivity contribution in [3.8, 4) is 23.3 Å². The molecule has 8 nitrogen and oxygen atoms in total. The maximum Gasteiger partial charge on any atom is 0.339 e. The molecule has 0 unspecified atom stereocenters. The lowest BCUT2D eigenvalue weighted by Gasteiger charge is -2.13. The van der Waals surface area contributed by atoms with E-state index in [4.69, 9.17) is 8.92 Å². The van der Waals surface area contributed by atoms with Gasteiger partial charge in [-0.15, -0.1) is 0 Å². The molecule has 0 fully saturated rings. The number of carbonyl (C=O) groups excluding carboxylic acids is 1. The van der Waals surface area contributed by atoms with Gasteiger partial charge >= 0.3 is 10.1 Å². The largest absolute Gasteiger partial charge is 0.508 e. The topological polar surface area (TPSA) is 126 Å². The van der Waals surface area contributed by atoms with Crippen LogP contribution in [0.1, 0.15) is 18.1 Å². The van der Waals surface area contributed by atoms with Crippen LogP contribution in [0.15, 0.2) is 77.2 Å². The van der Waals surface area contributed by atoms with Crippen LogP contribution in [-0.2, 0) is 14.9 Å². The van der Waals surface area contributed by atoms with Gasteiger partial charge in [-0.2, -0.15) is 13.7 Å². The first-order valence-corrected chi connectivity index (χ1v) is 11.6. The van der Waals surface area contributed by atoms with E-state index in [0.29, 0.717) is 11.3 Å². The maximum absolute atomic E-state index is 12.7. The number of nitriles is 1. The molecular formula is C25H22N2O6S. The molecule has 3 aromatic rings. The molecule has 1 amide bonds. The normalized spacial score (nSPS) is 11.4. The van der Waals surface area contributed by atoms with Gasteiger partial charge in [-0.05, 0) is 74.0 Å². The molecule has 0 bridgehead atoms. The first-order chi connectivity index (χ1) is 16.2. The SMILES string of the molecule is CCOc1cc(/C=C(\C#N)C(=O)Nc2ccc(O)cc2)ccc1OS(=O)(=O)c1ccc(C)cc1. The molecule has 0 aromatic heterocycles. The van der Waals surface area contributed by atoms with Gasteiger partial charge in [-0.1, -0.05) is 23.8 Å². The van der Waals surface area contributed by atoms with Crippen LogP contribution in [0, 0.1) is 18.3 Å². The molecule has 34 heavy (non-hydrogen) atoms. The van der Waals surface area contributed by atoms with E-state index in [1.165, 1.54) is 60.7 Å². The zero-order valence-corrected chi connectivity index (χ0v) is 19.3. The van der Waals surface area contributed by atoms with Gasteiger partial charge in [-0.3, -0.25) is 4.79 Å². The number of rotatable bonds is 8. The average molecular weight is 479 g/mol. The van der Waals surface area contributed by atoms with Crippen LogP contribution in [0.3, 0.4) is 0 Å². The molecule has 0 atom stereocenters. The maximum atomic E-state index is 12.7. The molecular weight excluding hydrogens is 456 g/mol. The third-order valence-corrected chi connectivity index (χ3v) is 5.83. The molecule has 0 spiro atoms. The van der Waals surface area contributed by atoms with E-state index < -0.39 is 16.0 Å². The third kappa shape index (κ3) is 6.15. The highest BCUT2D eigenvalue weighted by atomic mass is 32.2. The quantitative estimate of drug-likeness (QED) is 0.212. The summed E-state index contributed by atoms with van der Waals surface area (Å²) < 4.78 is 36.2. The number of nitrogens with one attached hydrogen (secondary N) is 1. The number of hydrogen-bond donors (Lipinski definition) is 2. The lowest BCUT2D eigenvalue weighted by molar-refractivity contribution is -0.112. The standard InChI is InChI=1S/C25H22N2O6S/c1-3-32-24-15-18(14-19(16-26)25(29)27-20-7-9-21(28)10-8-20)6-13-23(24)33-34(30,31)22-11-4-17(2)5-12-22/h4-15,28H,3H2,1-2H3,(H,27,29)/b19-14+. The number of hydrogen-bond acceptors (Lipinski definition) is 7. The van der Waals surface area contributed by atoms with Crippen LogP contribution < -0.4 is 14.2 Å². The molecule has 0 aliphatic carbocycles. The van der Waals surface area contributed by atoms with E-state index in [2.05, 4.69) is 5.32 Å². The van der Waals surface area contributed by atoms with Crippen LogP contribution in [-0.4, -0.2) is 26.0 Å². The number of ether oxygens (including phenoxy) is 1. The molecule has 0 aliphatic rings. The predicted molar refractivity (Wildman–Crippen MR) is 127 cm³/mol. The Balaban J connectivity index is 1.86. The molecule has 0 saturated heterocycles. The van der Waals surface area contributed by atoms with Crippen molar-refractivity contribution in [3.63, 3.8) is 0 Å². The van der Waals surface area contributed by atoms with Crippen molar-refractivity contribution >= 4 is 27.8 Å². The van der Waals surface area contributed by atoms with Crippen molar-refractivity contribution in [2.75, 3.05) is 11.9 Å². The predicted octanol–water partition coefficient (Wildman–Crippen LogP) is 4.41. The Morgan fingerprint density at radius 1 is 1.06 bits per heavy atom. The molecule has 0 saturated carbocycles. The van der Waals surface area contributed by atoms with Gasteiger partial charge in [0.25, 0.3) is 5.91 Å². The first-order valence-electron chi connectivity index (χ1n) is 10.2. The van der Waals surface area contributed by atoms with E-state index in [1.54, 1.807) is 19.1 Å². The molecule has 9 heteroatoms. The van der Waals surface area contributed by atoms with Crippen LogP contribution in [0.2, 0.25) is 0 Å². The minimum absolute atomic E-state index is 0.00203. The van der Waals surface area contributed by atoms with E-state index in [1.807, 2.05) is 13.0 Å². The van der Waals surface area contributed by atoms with E-state index in [-0.39, 0.29) is 34.3 Å². The van der Waals surface area contributed by atoms with Gasteiger partial charge in [0.2, 0.25) is 0 Å². The Hall–Kier alpha value is -4.29. The summed E-state index contributed by atoms with van der Waals surface area (Å²) >= 11 is 0. The fourth-order valence-electron chi connectivity index (χ4n) is 2.88. The van der Waals surface area contributed by atoms with Crippen LogP contribution in [0.4, 0.5) is 5.69 Å². The Bertz CT molecular complexity index is 1360. The number of amides is 1. The number of benzene rings is 3. The molecule has 3 aromatic carbocycles. The zero-order chi connectivity index (χ0) is 24.7. The number of aromatic hydroxyl groups is 1. The van der Waals surface area contributed by atoms with Gasteiger partial charge in [-0.25, -0.2) is 0 Å². The van der Waals surface area contributed by atoms with Crippen molar-refractivity contribution in [3.05, 3.63) is 83.4 Å². The zero-order valence-electron chi connectivity index (χ0n) is 18.5. The first kappa shape index (κ1) is 24.4. The highest BCUT2D eigenvalue weighted by molar-refractivity contribution is 7.87. The second-order valence-corrected chi connectivity index (χ2v) is 8.71. The fourth-order valence-corrected chi connectivity index (χ4v) is 3.82. The highest BCUT2D eigenvalue weighted by Gasteiger charge is 2.20. The average Bonchev–Trinajstić information content (AvgIpc) is 2.81. The molecule has 0 heterocycles. The molecule has 174 valence electrons. The summed E-state index contributed by atoms with van der Waals surface area (Å²) in [5.41, 5.74) is 1.56. The number of phenols is 1. The fraction of sp³-hybridized carbons (Fsp3) is 0.120. The number of anilines is 1. The summed E-state index contributed by atoms with van der Waals surface area (Å²) in [6, 6.07) is 18.3. The summed E-state index contributed by atoms with van der Waals surface area (Å²) in [6.07, 6.45) is 1.34. The number of nitrogens with zero attached hydrogens (tertiary/aromatic N) is 1. The van der Waals surface area contributed by atoms with E-state index in [9.17, 15) is 23.6 Å². The van der Waals surface area contributed by atoms with Gasteiger partial charge in [0.15, 0.2) is 11.5 Å². The minimum atomic E-state index is -4.09. The van der Waals surface area contributed by atoms with Gasteiger partial charge in [0.05, 0.1) is 6.61 Å². The summed E-state index contributed by atoms with van der Waals surface area (Å²) in [5, 5.41) is 21.4. The molecule has 0 radical (unpaired) electrons. The minimum Gasteiger partial charge on any atom is -0.508 e.